The largest absolute Gasteiger partial charge is 0.455 e. The maximum absolute atomic E-state index is 6.86. The van der Waals surface area contributed by atoms with Gasteiger partial charge >= 0.3 is 0 Å². The summed E-state index contributed by atoms with van der Waals surface area (Å²) in [5.41, 5.74) is 19.4. The van der Waals surface area contributed by atoms with Gasteiger partial charge in [-0.1, -0.05) is 125 Å². The Bertz CT molecular complexity index is 2580. The summed E-state index contributed by atoms with van der Waals surface area (Å²) in [6, 6.07) is 46.5. The zero-order chi connectivity index (χ0) is 33.1. The van der Waals surface area contributed by atoms with Crippen LogP contribution in [-0.4, -0.2) is 4.98 Å². The zero-order valence-corrected chi connectivity index (χ0v) is 28.1. The van der Waals surface area contributed by atoms with Crippen LogP contribution in [0.4, 0.5) is 0 Å². The fourth-order valence-corrected chi connectivity index (χ4v) is 8.99. The number of rotatable bonds is 3. The topological polar surface area (TPSA) is 26.0 Å². The van der Waals surface area contributed by atoms with Gasteiger partial charge < -0.3 is 4.42 Å². The van der Waals surface area contributed by atoms with Crippen molar-refractivity contribution in [3.8, 4) is 55.6 Å². The van der Waals surface area contributed by atoms with Crippen molar-refractivity contribution in [1.29, 1.82) is 0 Å². The molecule has 2 aliphatic carbocycles. The quantitative estimate of drug-likeness (QED) is 0.194. The molecule has 234 valence electrons. The first-order valence-electron chi connectivity index (χ1n) is 17.2. The van der Waals surface area contributed by atoms with E-state index in [1.54, 1.807) is 0 Å². The van der Waals surface area contributed by atoms with Gasteiger partial charge in [-0.3, -0.25) is 4.98 Å². The Morgan fingerprint density at radius 1 is 0.490 bits per heavy atom. The first-order chi connectivity index (χ1) is 23.8. The number of hydrogen-bond donors (Lipinski definition) is 0. The summed E-state index contributed by atoms with van der Waals surface area (Å²) in [4.78, 5) is 4.56. The van der Waals surface area contributed by atoms with Crippen LogP contribution in [-0.2, 0) is 10.8 Å². The normalized spacial score (nSPS) is 14.9. The maximum Gasteiger partial charge on any atom is 0.144 e. The van der Waals surface area contributed by atoms with Crippen molar-refractivity contribution >= 4 is 21.9 Å². The van der Waals surface area contributed by atoms with Gasteiger partial charge in [0.2, 0.25) is 0 Å². The van der Waals surface area contributed by atoms with Gasteiger partial charge in [0.15, 0.2) is 0 Å². The number of furan rings is 1. The highest BCUT2D eigenvalue weighted by atomic mass is 16.3. The average Bonchev–Trinajstić information content (AvgIpc) is 3.72. The van der Waals surface area contributed by atoms with Crippen LogP contribution in [0, 0.1) is 0 Å². The van der Waals surface area contributed by atoms with Crippen molar-refractivity contribution in [2.75, 3.05) is 0 Å². The molecule has 0 N–H and O–H groups in total. The van der Waals surface area contributed by atoms with Gasteiger partial charge in [-0.2, -0.15) is 0 Å². The molecule has 0 saturated carbocycles. The van der Waals surface area contributed by atoms with Crippen LogP contribution >= 0.6 is 0 Å². The lowest BCUT2D eigenvalue weighted by molar-refractivity contribution is 0.600. The first-order valence-corrected chi connectivity index (χ1v) is 17.2. The van der Waals surface area contributed by atoms with E-state index in [9.17, 15) is 0 Å². The average molecular weight is 630 g/mol. The van der Waals surface area contributed by atoms with Crippen LogP contribution in [0.2, 0.25) is 0 Å². The van der Waals surface area contributed by atoms with E-state index in [1.807, 2.05) is 18.5 Å². The Hall–Kier alpha value is -5.73. The summed E-state index contributed by atoms with van der Waals surface area (Å²) >= 11 is 0. The fourth-order valence-electron chi connectivity index (χ4n) is 8.99. The van der Waals surface area contributed by atoms with Crippen LogP contribution in [0.15, 0.2) is 144 Å². The fraction of sp³-hybridized carbons (Fsp3) is 0.128. The molecule has 2 aromatic heterocycles. The van der Waals surface area contributed by atoms with E-state index in [4.69, 9.17) is 4.42 Å². The highest BCUT2D eigenvalue weighted by Gasteiger charge is 2.48. The molecule has 0 bridgehead atoms. The number of fused-ring (bicyclic) bond motifs is 12. The van der Waals surface area contributed by atoms with E-state index in [1.165, 1.54) is 83.3 Å². The van der Waals surface area contributed by atoms with E-state index in [0.717, 1.165) is 16.6 Å². The predicted molar refractivity (Wildman–Crippen MR) is 203 cm³/mol. The van der Waals surface area contributed by atoms with E-state index >= 15 is 0 Å². The minimum absolute atomic E-state index is 0.174. The number of hydrogen-bond acceptors (Lipinski definition) is 2. The Kier molecular flexibility index (Phi) is 5.72. The van der Waals surface area contributed by atoms with E-state index < -0.39 is 0 Å². The van der Waals surface area contributed by atoms with Crippen LogP contribution in [0.25, 0.3) is 77.6 Å². The van der Waals surface area contributed by atoms with Gasteiger partial charge in [-0.15, -0.1) is 0 Å². The van der Waals surface area contributed by atoms with Gasteiger partial charge in [-0.05, 0) is 103 Å². The molecule has 0 unspecified atom stereocenters. The molecule has 6 aromatic carbocycles. The molecule has 0 radical (unpaired) electrons. The molecule has 0 spiro atoms. The highest BCUT2D eigenvalue weighted by Crippen LogP contribution is 2.63. The number of nitrogens with zero attached hydrogens (tertiary/aromatic N) is 1. The van der Waals surface area contributed by atoms with Crippen molar-refractivity contribution in [2.24, 2.45) is 0 Å². The van der Waals surface area contributed by atoms with Crippen molar-refractivity contribution < 1.29 is 4.42 Å². The predicted octanol–water partition coefficient (Wildman–Crippen LogP) is 12.6. The van der Waals surface area contributed by atoms with Crippen LogP contribution < -0.4 is 0 Å². The van der Waals surface area contributed by atoms with Gasteiger partial charge in [0.1, 0.15) is 11.2 Å². The van der Waals surface area contributed by atoms with Gasteiger partial charge in [0, 0.05) is 39.6 Å². The molecule has 0 fully saturated rings. The standard InChI is InChI=1S/C47H35NO/c1-46(2)37-18-12-11-17-34(37)40-41-36-27-48-22-21-39(36)49-45(41)42-35-20-19-30(26-38(35)47(3,4)44(42)43(40)46)33-24-31(28-13-7-5-8-14-28)23-32(25-33)29-15-9-6-10-16-29/h5-27H,1-4H3. The third kappa shape index (κ3) is 3.86. The zero-order valence-electron chi connectivity index (χ0n) is 28.1. The Morgan fingerprint density at radius 2 is 1.06 bits per heavy atom. The summed E-state index contributed by atoms with van der Waals surface area (Å²) in [6.45, 7) is 9.61. The molecular weight excluding hydrogens is 595 g/mol. The number of pyridine rings is 1. The second kappa shape index (κ2) is 9.90. The summed E-state index contributed by atoms with van der Waals surface area (Å²) in [5, 5.41) is 2.27. The molecule has 0 aliphatic heterocycles. The molecule has 2 aliphatic rings. The molecular formula is C47H35NO. The van der Waals surface area contributed by atoms with Crippen molar-refractivity contribution in [2.45, 2.75) is 38.5 Å². The Labute approximate surface area is 286 Å². The number of benzene rings is 6. The minimum Gasteiger partial charge on any atom is -0.455 e. The van der Waals surface area contributed by atoms with Gasteiger partial charge in [0.05, 0.1) is 0 Å². The summed E-state index contributed by atoms with van der Waals surface area (Å²) in [6.07, 6.45) is 3.82. The van der Waals surface area contributed by atoms with E-state index in [0.29, 0.717) is 0 Å². The molecule has 2 heterocycles. The Balaban J connectivity index is 1.25. The van der Waals surface area contributed by atoms with Crippen LogP contribution in [0.5, 0.6) is 0 Å². The lowest BCUT2D eigenvalue weighted by Crippen LogP contribution is -2.24. The van der Waals surface area contributed by atoms with Crippen LogP contribution in [0.3, 0.4) is 0 Å². The van der Waals surface area contributed by atoms with Crippen molar-refractivity contribution in [1.82, 2.24) is 4.98 Å². The lowest BCUT2D eigenvalue weighted by Gasteiger charge is -2.31. The molecule has 0 saturated heterocycles. The van der Waals surface area contributed by atoms with Crippen LogP contribution in [0.1, 0.15) is 49.9 Å². The second-order valence-corrected chi connectivity index (χ2v) is 14.8. The monoisotopic (exact) mass is 629 g/mol. The summed E-state index contributed by atoms with van der Waals surface area (Å²) < 4.78 is 6.86. The second-order valence-electron chi connectivity index (χ2n) is 14.8. The number of aromatic nitrogens is 1. The molecule has 0 atom stereocenters. The third-order valence-electron chi connectivity index (χ3n) is 11.3. The molecule has 8 aromatic rings. The third-order valence-corrected chi connectivity index (χ3v) is 11.3. The molecule has 2 heteroatoms. The highest BCUT2D eigenvalue weighted by molar-refractivity contribution is 6.20. The molecule has 2 nitrogen and oxygen atoms in total. The van der Waals surface area contributed by atoms with Gasteiger partial charge in [0.25, 0.3) is 0 Å². The first kappa shape index (κ1) is 28.3. The summed E-state index contributed by atoms with van der Waals surface area (Å²) in [5.74, 6) is 0. The maximum atomic E-state index is 6.86. The van der Waals surface area contributed by atoms with Gasteiger partial charge in [-0.25, -0.2) is 0 Å². The van der Waals surface area contributed by atoms with Crippen molar-refractivity contribution in [3.63, 3.8) is 0 Å². The van der Waals surface area contributed by atoms with E-state index in [-0.39, 0.29) is 10.8 Å². The lowest BCUT2D eigenvalue weighted by atomic mass is 9.72. The smallest absolute Gasteiger partial charge is 0.144 e. The minimum atomic E-state index is -0.255. The van der Waals surface area contributed by atoms with E-state index in [2.05, 4.69) is 154 Å². The Morgan fingerprint density at radius 3 is 1.76 bits per heavy atom. The summed E-state index contributed by atoms with van der Waals surface area (Å²) in [7, 11) is 0. The molecule has 10 rings (SSSR count). The molecule has 49 heavy (non-hydrogen) atoms. The molecule has 0 amide bonds. The van der Waals surface area contributed by atoms with Crippen molar-refractivity contribution in [3.05, 3.63) is 162 Å². The SMILES string of the molecule is CC1(C)c2cc(-c3cc(-c4ccccc4)cc(-c4ccccc4)c3)ccc2-c2c1c1c(c3c2oc2ccncc23)-c2ccccc2C1(C)C.